The molecule has 1 aliphatic heterocycles. The SMILES string of the molecule is CC(C)[C@H](NC(=O)OCc1ccccc1)C(=O)N1CCC[C@H]1C(=O)N[C@H](C(=O)C(F)(F)CN)C(C)C. The predicted octanol–water partition coefficient (Wildman–Crippen LogP) is 2.23. The average Bonchev–Trinajstić information content (AvgIpc) is 3.34. The normalized spacial score (nSPS) is 17.6. The van der Waals surface area contributed by atoms with E-state index in [1.807, 2.05) is 18.2 Å². The van der Waals surface area contributed by atoms with Crippen molar-refractivity contribution in [3.63, 3.8) is 0 Å². The molecule has 36 heavy (non-hydrogen) atoms. The highest BCUT2D eigenvalue weighted by Gasteiger charge is 2.45. The highest BCUT2D eigenvalue weighted by Crippen LogP contribution is 2.23. The number of carbonyl (C=O) groups is 4. The molecule has 1 aliphatic rings. The molecule has 0 aliphatic carbocycles. The van der Waals surface area contributed by atoms with Crippen molar-refractivity contribution in [3.05, 3.63) is 35.9 Å². The standard InChI is InChI=1S/C25H36F2N4O5/c1-15(2)19(21(32)25(26,27)14-28)29-22(33)18-11-8-12-31(18)23(34)20(16(3)4)30-24(35)36-13-17-9-6-5-7-10-17/h5-7,9-10,15-16,18-20H,8,11-14,28H2,1-4H3,(H,29,33)(H,30,35)/t18-,19-,20-/m0/s1. The Bertz CT molecular complexity index is 926. The maximum Gasteiger partial charge on any atom is 0.408 e. The zero-order valence-electron chi connectivity index (χ0n) is 21.1. The lowest BCUT2D eigenvalue weighted by Crippen LogP contribution is -2.59. The number of nitrogens with two attached hydrogens (primary N) is 1. The van der Waals surface area contributed by atoms with Crippen LogP contribution < -0.4 is 16.4 Å². The molecule has 0 spiro atoms. The summed E-state index contributed by atoms with van der Waals surface area (Å²) in [7, 11) is 0. The van der Waals surface area contributed by atoms with E-state index in [1.165, 1.54) is 18.7 Å². The van der Waals surface area contributed by atoms with Gasteiger partial charge in [0, 0.05) is 6.54 Å². The summed E-state index contributed by atoms with van der Waals surface area (Å²) in [5.41, 5.74) is 5.82. The van der Waals surface area contributed by atoms with Crippen molar-refractivity contribution in [2.24, 2.45) is 17.6 Å². The minimum absolute atomic E-state index is 0.0263. The number of amides is 3. The first kappa shape index (κ1) is 29.2. The summed E-state index contributed by atoms with van der Waals surface area (Å²) in [6, 6.07) is 5.67. The van der Waals surface area contributed by atoms with Crippen LogP contribution in [0.5, 0.6) is 0 Å². The Kier molecular flexibility index (Phi) is 10.3. The Morgan fingerprint density at radius 1 is 1.06 bits per heavy atom. The lowest BCUT2D eigenvalue weighted by molar-refractivity contribution is -0.148. The largest absolute Gasteiger partial charge is 0.445 e. The first-order valence-corrected chi connectivity index (χ1v) is 12.1. The number of halogens is 2. The number of ether oxygens (including phenoxy) is 1. The van der Waals surface area contributed by atoms with Gasteiger partial charge in [0.2, 0.25) is 17.6 Å². The molecule has 11 heteroatoms. The average molecular weight is 511 g/mol. The predicted molar refractivity (Wildman–Crippen MR) is 129 cm³/mol. The first-order chi connectivity index (χ1) is 16.9. The second kappa shape index (κ2) is 12.8. The van der Waals surface area contributed by atoms with E-state index in [2.05, 4.69) is 10.6 Å². The van der Waals surface area contributed by atoms with Crippen LogP contribution in [-0.4, -0.2) is 65.7 Å². The maximum atomic E-state index is 13.9. The molecule has 4 N–H and O–H groups in total. The van der Waals surface area contributed by atoms with Crippen LogP contribution in [0.4, 0.5) is 13.6 Å². The monoisotopic (exact) mass is 510 g/mol. The molecule has 0 unspecified atom stereocenters. The molecular weight excluding hydrogens is 474 g/mol. The van der Waals surface area contributed by atoms with E-state index >= 15 is 0 Å². The van der Waals surface area contributed by atoms with Gasteiger partial charge < -0.3 is 26.0 Å². The van der Waals surface area contributed by atoms with Gasteiger partial charge in [-0.2, -0.15) is 8.78 Å². The molecule has 1 aromatic rings. The Morgan fingerprint density at radius 3 is 2.22 bits per heavy atom. The molecule has 1 heterocycles. The molecule has 1 fully saturated rings. The van der Waals surface area contributed by atoms with Crippen molar-refractivity contribution in [2.75, 3.05) is 13.1 Å². The number of Topliss-reactive ketones (excluding diaryl/α,β-unsaturated/α-hetero) is 1. The molecule has 0 aromatic heterocycles. The molecule has 0 saturated carbocycles. The number of rotatable bonds is 11. The van der Waals surface area contributed by atoms with Gasteiger partial charge in [0.1, 0.15) is 18.7 Å². The number of alkyl carbamates (subject to hydrolysis) is 1. The third-order valence-electron chi connectivity index (χ3n) is 6.12. The van der Waals surface area contributed by atoms with E-state index in [-0.39, 0.29) is 19.1 Å². The third-order valence-corrected chi connectivity index (χ3v) is 6.12. The van der Waals surface area contributed by atoms with E-state index < -0.39 is 60.2 Å². The summed E-state index contributed by atoms with van der Waals surface area (Å²) in [6.45, 7) is 5.67. The fourth-order valence-electron chi connectivity index (χ4n) is 4.00. The molecule has 0 bridgehead atoms. The summed E-state index contributed by atoms with van der Waals surface area (Å²) < 4.78 is 33.1. The van der Waals surface area contributed by atoms with Gasteiger partial charge in [-0.05, 0) is 30.2 Å². The van der Waals surface area contributed by atoms with Gasteiger partial charge in [-0.1, -0.05) is 58.0 Å². The Hall–Kier alpha value is -3.08. The number of alkyl halides is 2. The van der Waals surface area contributed by atoms with Crippen molar-refractivity contribution in [3.8, 4) is 0 Å². The maximum absolute atomic E-state index is 13.9. The van der Waals surface area contributed by atoms with Crippen LogP contribution >= 0.6 is 0 Å². The molecule has 3 amide bonds. The van der Waals surface area contributed by atoms with Crippen LogP contribution in [0.1, 0.15) is 46.1 Å². The quantitative estimate of drug-likeness (QED) is 0.419. The Balaban J connectivity index is 2.08. The lowest BCUT2D eigenvalue weighted by Gasteiger charge is -2.32. The number of benzene rings is 1. The molecule has 0 radical (unpaired) electrons. The molecule has 1 aromatic carbocycles. The van der Waals surface area contributed by atoms with Crippen LogP contribution in [0.2, 0.25) is 0 Å². The van der Waals surface area contributed by atoms with E-state index in [0.717, 1.165) is 5.56 Å². The van der Waals surface area contributed by atoms with E-state index in [9.17, 15) is 28.0 Å². The Morgan fingerprint density at radius 2 is 1.67 bits per heavy atom. The van der Waals surface area contributed by atoms with Crippen LogP contribution in [0.15, 0.2) is 30.3 Å². The van der Waals surface area contributed by atoms with Gasteiger partial charge in [0.25, 0.3) is 0 Å². The highest BCUT2D eigenvalue weighted by atomic mass is 19.3. The number of carbonyl (C=O) groups excluding carboxylic acids is 4. The minimum atomic E-state index is -3.78. The van der Waals surface area contributed by atoms with E-state index in [4.69, 9.17) is 10.5 Å². The zero-order chi connectivity index (χ0) is 27.0. The summed E-state index contributed by atoms with van der Waals surface area (Å²) in [5.74, 6) is -7.37. The molecule has 2 rings (SSSR count). The van der Waals surface area contributed by atoms with Gasteiger partial charge in [0.05, 0.1) is 12.6 Å². The smallest absolute Gasteiger partial charge is 0.408 e. The van der Waals surface area contributed by atoms with Crippen molar-refractivity contribution in [2.45, 2.75) is 71.2 Å². The second-order valence-electron chi connectivity index (χ2n) is 9.62. The first-order valence-electron chi connectivity index (χ1n) is 12.1. The number of hydrogen-bond acceptors (Lipinski definition) is 6. The number of ketones is 1. The summed E-state index contributed by atoms with van der Waals surface area (Å²) in [4.78, 5) is 52.4. The number of likely N-dealkylation sites (tertiary alicyclic amines) is 1. The summed E-state index contributed by atoms with van der Waals surface area (Å²) >= 11 is 0. The van der Waals surface area contributed by atoms with E-state index in [1.54, 1.807) is 26.0 Å². The van der Waals surface area contributed by atoms with Crippen LogP contribution in [-0.2, 0) is 25.7 Å². The summed E-state index contributed by atoms with van der Waals surface area (Å²) in [6.07, 6.45) is 0.0278. The fraction of sp³-hybridized carbons (Fsp3) is 0.600. The molecule has 9 nitrogen and oxygen atoms in total. The second-order valence-corrected chi connectivity index (χ2v) is 9.62. The Labute approximate surface area is 210 Å². The molecule has 3 atom stereocenters. The van der Waals surface area contributed by atoms with Gasteiger partial charge in [-0.15, -0.1) is 0 Å². The zero-order valence-corrected chi connectivity index (χ0v) is 21.1. The van der Waals surface area contributed by atoms with Gasteiger partial charge >= 0.3 is 12.0 Å². The van der Waals surface area contributed by atoms with Crippen LogP contribution in [0.25, 0.3) is 0 Å². The van der Waals surface area contributed by atoms with Crippen molar-refractivity contribution in [1.82, 2.24) is 15.5 Å². The van der Waals surface area contributed by atoms with Crippen molar-refractivity contribution in [1.29, 1.82) is 0 Å². The topological polar surface area (TPSA) is 131 Å². The minimum Gasteiger partial charge on any atom is -0.445 e. The number of nitrogens with zero attached hydrogens (tertiary/aromatic N) is 1. The molecule has 200 valence electrons. The fourth-order valence-corrected chi connectivity index (χ4v) is 4.00. The van der Waals surface area contributed by atoms with Crippen molar-refractivity contribution >= 4 is 23.7 Å². The number of hydrogen-bond donors (Lipinski definition) is 3. The van der Waals surface area contributed by atoms with Crippen LogP contribution in [0.3, 0.4) is 0 Å². The highest BCUT2D eigenvalue weighted by molar-refractivity contribution is 5.97. The number of nitrogens with one attached hydrogen (secondary N) is 2. The van der Waals surface area contributed by atoms with Gasteiger partial charge in [-0.3, -0.25) is 14.4 Å². The lowest BCUT2D eigenvalue weighted by atomic mass is 9.95. The van der Waals surface area contributed by atoms with Gasteiger partial charge in [0.15, 0.2) is 0 Å². The van der Waals surface area contributed by atoms with Crippen LogP contribution in [0, 0.1) is 11.8 Å². The molecule has 1 saturated heterocycles. The van der Waals surface area contributed by atoms with Gasteiger partial charge in [-0.25, -0.2) is 4.79 Å². The summed E-state index contributed by atoms with van der Waals surface area (Å²) in [5, 5.41) is 4.98. The molecular formula is C25H36F2N4O5. The third kappa shape index (κ3) is 7.46. The van der Waals surface area contributed by atoms with E-state index in [0.29, 0.717) is 12.8 Å². The van der Waals surface area contributed by atoms with Crippen molar-refractivity contribution < 1.29 is 32.7 Å².